The molecule has 2 heterocycles. The van der Waals surface area contributed by atoms with E-state index in [1.165, 1.54) is 12.7 Å². The summed E-state index contributed by atoms with van der Waals surface area (Å²) in [5.74, 6) is 0.277. The highest BCUT2D eigenvalue weighted by Crippen LogP contribution is 2.59. The second-order valence-corrected chi connectivity index (χ2v) is 7.18. The van der Waals surface area contributed by atoms with Crippen molar-refractivity contribution in [2.24, 2.45) is 5.92 Å². The Kier molecular flexibility index (Phi) is 3.98. The van der Waals surface area contributed by atoms with Gasteiger partial charge in [-0.3, -0.25) is 0 Å². The number of ether oxygens (including phenoxy) is 4. The van der Waals surface area contributed by atoms with Gasteiger partial charge in [0, 0.05) is 5.92 Å². The average molecular weight is 310 g/mol. The van der Waals surface area contributed by atoms with Gasteiger partial charge in [-0.25, -0.2) is 4.79 Å². The highest BCUT2D eigenvalue weighted by molar-refractivity contribution is 5.59. The fourth-order valence-corrected chi connectivity index (χ4v) is 3.86. The Balaban J connectivity index is 1.65. The van der Waals surface area contributed by atoms with Crippen molar-refractivity contribution in [3.63, 3.8) is 0 Å². The van der Waals surface area contributed by atoms with Crippen LogP contribution in [0.25, 0.3) is 0 Å². The van der Waals surface area contributed by atoms with E-state index in [1.807, 2.05) is 0 Å². The van der Waals surface area contributed by atoms with Crippen molar-refractivity contribution in [2.45, 2.75) is 69.9 Å². The van der Waals surface area contributed by atoms with Crippen LogP contribution in [0, 0.1) is 5.92 Å². The Labute approximate surface area is 131 Å². The van der Waals surface area contributed by atoms with Crippen LogP contribution in [0.5, 0.6) is 0 Å². The maximum absolute atomic E-state index is 11.4. The Hall–Kier alpha value is -1.07. The van der Waals surface area contributed by atoms with Crippen LogP contribution in [0.15, 0.2) is 11.6 Å². The van der Waals surface area contributed by atoms with Crippen LogP contribution in [-0.2, 0) is 18.9 Å². The van der Waals surface area contributed by atoms with Crippen molar-refractivity contribution in [3.8, 4) is 0 Å². The van der Waals surface area contributed by atoms with Crippen LogP contribution in [0.2, 0.25) is 0 Å². The van der Waals surface area contributed by atoms with Crippen LogP contribution in [0.3, 0.4) is 0 Å². The molecule has 0 unspecified atom stereocenters. The van der Waals surface area contributed by atoms with Gasteiger partial charge in [0.15, 0.2) is 0 Å². The Bertz CT molecular complexity index is 477. The number of epoxide rings is 2. The number of carbonyl (C=O) groups excluding carboxylic acids is 1. The summed E-state index contributed by atoms with van der Waals surface area (Å²) in [4.78, 5) is 11.4. The normalized spacial score (nSPS) is 42.6. The first kappa shape index (κ1) is 15.8. The summed E-state index contributed by atoms with van der Waals surface area (Å²) in [7, 11) is 1.34. The lowest BCUT2D eigenvalue weighted by molar-refractivity contribution is -0.0211. The Morgan fingerprint density at radius 2 is 2.14 bits per heavy atom. The molecule has 2 aliphatic heterocycles. The zero-order chi connectivity index (χ0) is 16.0. The highest BCUT2D eigenvalue weighted by atomic mass is 16.7. The van der Waals surface area contributed by atoms with Gasteiger partial charge in [-0.05, 0) is 46.5 Å². The summed E-state index contributed by atoms with van der Waals surface area (Å²) in [6.45, 7) is 7.18. The summed E-state index contributed by atoms with van der Waals surface area (Å²) in [6.07, 6.45) is 5.25. The van der Waals surface area contributed by atoms with Crippen molar-refractivity contribution < 1.29 is 23.7 Å². The molecule has 0 aromatic heterocycles. The lowest BCUT2D eigenvalue weighted by Crippen LogP contribution is -2.44. The maximum atomic E-state index is 11.4. The quantitative estimate of drug-likeness (QED) is 0.453. The summed E-state index contributed by atoms with van der Waals surface area (Å²) < 4.78 is 21.8. The number of hydrogen-bond donors (Lipinski definition) is 0. The van der Waals surface area contributed by atoms with Crippen LogP contribution in [0.1, 0.15) is 46.5 Å². The van der Waals surface area contributed by atoms with Crippen molar-refractivity contribution in [2.75, 3.05) is 13.7 Å². The molecule has 0 aromatic carbocycles. The minimum Gasteiger partial charge on any atom is -0.438 e. The third-order valence-corrected chi connectivity index (χ3v) is 5.38. The summed E-state index contributed by atoms with van der Waals surface area (Å²) in [6, 6.07) is 0. The van der Waals surface area contributed by atoms with Gasteiger partial charge in [-0.2, -0.15) is 0 Å². The Morgan fingerprint density at radius 3 is 2.73 bits per heavy atom. The molecule has 22 heavy (non-hydrogen) atoms. The van der Waals surface area contributed by atoms with E-state index in [0.717, 1.165) is 32.3 Å². The first-order valence-corrected chi connectivity index (χ1v) is 8.09. The molecule has 1 spiro atoms. The van der Waals surface area contributed by atoms with E-state index in [0.29, 0.717) is 0 Å². The number of hydrogen-bond acceptors (Lipinski definition) is 5. The van der Waals surface area contributed by atoms with Gasteiger partial charge in [-0.15, -0.1) is 0 Å². The zero-order valence-corrected chi connectivity index (χ0v) is 13.9. The third-order valence-electron chi connectivity index (χ3n) is 5.38. The largest absolute Gasteiger partial charge is 0.508 e. The van der Waals surface area contributed by atoms with Gasteiger partial charge in [0.05, 0.1) is 31.0 Å². The molecule has 0 aromatic rings. The molecule has 0 radical (unpaired) electrons. The van der Waals surface area contributed by atoms with Crippen LogP contribution >= 0.6 is 0 Å². The van der Waals surface area contributed by atoms with Crippen molar-refractivity contribution >= 4 is 6.16 Å². The van der Waals surface area contributed by atoms with Crippen LogP contribution in [-0.4, -0.2) is 43.3 Å². The Morgan fingerprint density at radius 1 is 1.41 bits per heavy atom. The van der Waals surface area contributed by atoms with E-state index in [2.05, 4.69) is 31.6 Å². The van der Waals surface area contributed by atoms with Crippen molar-refractivity contribution in [1.82, 2.24) is 0 Å². The minimum atomic E-state index is -0.598. The second-order valence-electron chi connectivity index (χ2n) is 7.18. The molecule has 0 bridgehead atoms. The molecule has 5 nitrogen and oxygen atoms in total. The van der Waals surface area contributed by atoms with E-state index in [1.54, 1.807) is 0 Å². The summed E-state index contributed by atoms with van der Waals surface area (Å²) >= 11 is 0. The van der Waals surface area contributed by atoms with E-state index in [4.69, 9.17) is 14.2 Å². The smallest absolute Gasteiger partial charge is 0.438 e. The van der Waals surface area contributed by atoms with Crippen LogP contribution < -0.4 is 0 Å². The molecule has 1 aliphatic carbocycles. The predicted molar refractivity (Wildman–Crippen MR) is 80.6 cm³/mol. The molecule has 0 amide bonds. The topological polar surface area (TPSA) is 60.6 Å². The molecule has 3 aliphatic rings. The fraction of sp³-hybridized carbons (Fsp3) is 0.824. The van der Waals surface area contributed by atoms with Gasteiger partial charge >= 0.3 is 6.16 Å². The van der Waals surface area contributed by atoms with Gasteiger partial charge in [-0.1, -0.05) is 11.6 Å². The van der Waals surface area contributed by atoms with E-state index < -0.39 is 6.16 Å². The molecular formula is C17H26O5. The van der Waals surface area contributed by atoms with E-state index in [9.17, 15) is 4.79 Å². The molecule has 5 heteroatoms. The van der Waals surface area contributed by atoms with Gasteiger partial charge in [0.25, 0.3) is 0 Å². The zero-order valence-electron chi connectivity index (χ0n) is 13.9. The first-order chi connectivity index (χ1) is 10.4. The number of carbonyl (C=O) groups is 1. The minimum absolute atomic E-state index is 0.0511. The van der Waals surface area contributed by atoms with E-state index in [-0.39, 0.29) is 29.3 Å². The molecule has 3 fully saturated rings. The monoisotopic (exact) mass is 310 g/mol. The second kappa shape index (κ2) is 5.53. The fourth-order valence-electron chi connectivity index (χ4n) is 3.86. The molecule has 5 atom stereocenters. The summed E-state index contributed by atoms with van der Waals surface area (Å²) in [5, 5.41) is 0. The molecular weight excluding hydrogens is 284 g/mol. The standard InChI is InChI=1S/C17H26O5/c1-11(2)5-6-14-16(3,22-14)13-9-12(21-15(18)19-4)7-8-17(13)10-20-17/h5,12-14H,6-10H2,1-4H3/t12-,13-,14-,16-,17+/m1/s1. The molecule has 124 valence electrons. The molecule has 0 N–H and O–H groups in total. The SMILES string of the molecule is COC(=O)O[C@@H]1CC[C@]2(CO2)[C@@H]([C@@]2(C)O[C@@H]2CC=C(C)C)C1. The lowest BCUT2D eigenvalue weighted by atomic mass is 9.70. The first-order valence-electron chi connectivity index (χ1n) is 8.09. The lowest BCUT2D eigenvalue weighted by Gasteiger charge is -2.36. The molecule has 2 saturated heterocycles. The maximum Gasteiger partial charge on any atom is 0.508 e. The number of allylic oxidation sites excluding steroid dienone is 1. The van der Waals surface area contributed by atoms with E-state index >= 15 is 0 Å². The number of methoxy groups -OCH3 is 1. The van der Waals surface area contributed by atoms with Gasteiger partial charge in [0.1, 0.15) is 6.10 Å². The highest BCUT2D eigenvalue weighted by Gasteiger charge is 2.68. The average Bonchev–Trinajstić information content (AvgIpc) is 3.38. The summed E-state index contributed by atoms with van der Waals surface area (Å²) in [5.41, 5.74) is 1.09. The molecule has 1 saturated carbocycles. The van der Waals surface area contributed by atoms with Gasteiger partial charge in [0.2, 0.25) is 0 Å². The van der Waals surface area contributed by atoms with Crippen molar-refractivity contribution in [3.05, 3.63) is 11.6 Å². The molecule has 3 rings (SSSR count). The number of rotatable bonds is 4. The van der Waals surface area contributed by atoms with Crippen molar-refractivity contribution in [1.29, 1.82) is 0 Å². The van der Waals surface area contributed by atoms with Crippen LogP contribution in [0.4, 0.5) is 4.79 Å². The predicted octanol–water partition coefficient (Wildman–Crippen LogP) is 3.22. The van der Waals surface area contributed by atoms with Gasteiger partial charge < -0.3 is 18.9 Å². The third kappa shape index (κ3) is 2.88.